The molecule has 0 radical (unpaired) electrons. The van der Waals surface area contributed by atoms with E-state index in [-0.39, 0.29) is 24.0 Å². The average Bonchev–Trinajstić information content (AvgIpc) is 3.11. The van der Waals surface area contributed by atoms with E-state index < -0.39 is 0 Å². The summed E-state index contributed by atoms with van der Waals surface area (Å²) in [6.45, 7) is 17.4. The number of aryl methyl sites for hydroxylation is 1. The molecule has 1 aromatic rings. The molecule has 2 rings (SSSR count). The number of hydrogen-bond donors (Lipinski definition) is 2. The Labute approximate surface area is 204 Å². The van der Waals surface area contributed by atoms with Gasteiger partial charge in [0.2, 0.25) is 0 Å². The van der Waals surface area contributed by atoms with Gasteiger partial charge < -0.3 is 15.4 Å². The minimum Gasteiger partial charge on any atom is -0.378 e. The number of nitrogens with zero attached hydrogens (tertiary/aromatic N) is 3. The van der Waals surface area contributed by atoms with Crippen LogP contribution in [0.4, 0.5) is 0 Å². The lowest BCUT2D eigenvalue weighted by atomic mass is 9.97. The zero-order valence-corrected chi connectivity index (χ0v) is 22.6. The van der Waals surface area contributed by atoms with Crippen LogP contribution in [-0.4, -0.2) is 61.3 Å². The first-order valence-corrected chi connectivity index (χ1v) is 12.2. The van der Waals surface area contributed by atoms with Crippen molar-refractivity contribution in [1.29, 1.82) is 0 Å². The molecule has 1 atom stereocenters. The summed E-state index contributed by atoms with van der Waals surface area (Å²) in [5.74, 6) is 2.15. The number of hydrogen-bond acceptors (Lipinski definition) is 5. The van der Waals surface area contributed by atoms with Gasteiger partial charge in [-0.2, -0.15) is 0 Å². The van der Waals surface area contributed by atoms with Gasteiger partial charge in [0, 0.05) is 38.2 Å². The van der Waals surface area contributed by atoms with Crippen LogP contribution in [0.5, 0.6) is 0 Å². The van der Waals surface area contributed by atoms with Crippen molar-refractivity contribution >= 4 is 41.3 Å². The van der Waals surface area contributed by atoms with Gasteiger partial charge in [-0.15, -0.1) is 35.3 Å². The first-order valence-electron chi connectivity index (χ1n) is 11.3. The Morgan fingerprint density at radius 3 is 2.60 bits per heavy atom. The third-order valence-electron chi connectivity index (χ3n) is 5.46. The number of nitrogens with one attached hydrogen (secondary N) is 2. The van der Waals surface area contributed by atoms with Crippen molar-refractivity contribution in [3.05, 3.63) is 16.1 Å². The molecule has 1 unspecified atom stereocenters. The van der Waals surface area contributed by atoms with E-state index in [1.807, 2.05) is 0 Å². The van der Waals surface area contributed by atoms with Gasteiger partial charge in [0.1, 0.15) is 0 Å². The van der Waals surface area contributed by atoms with E-state index in [9.17, 15) is 0 Å². The summed E-state index contributed by atoms with van der Waals surface area (Å²) in [6, 6.07) is 0. The quantitative estimate of drug-likeness (QED) is 0.244. The summed E-state index contributed by atoms with van der Waals surface area (Å²) in [6.07, 6.45) is 3.74. The fourth-order valence-corrected chi connectivity index (χ4v) is 4.36. The third-order valence-corrected chi connectivity index (χ3v) is 6.28. The number of thiazole rings is 1. The highest BCUT2D eigenvalue weighted by molar-refractivity contribution is 14.0. The number of aromatic nitrogens is 1. The van der Waals surface area contributed by atoms with E-state index in [1.165, 1.54) is 18.5 Å². The van der Waals surface area contributed by atoms with Crippen LogP contribution in [0, 0.1) is 18.8 Å². The minimum atomic E-state index is 0. The van der Waals surface area contributed by atoms with E-state index >= 15 is 0 Å². The molecule has 1 aliphatic heterocycles. The maximum Gasteiger partial charge on any atom is 0.191 e. The van der Waals surface area contributed by atoms with Crippen molar-refractivity contribution in [2.24, 2.45) is 16.8 Å². The summed E-state index contributed by atoms with van der Waals surface area (Å²) in [5.41, 5.74) is 1.22. The number of rotatable bonds is 11. The summed E-state index contributed by atoms with van der Waals surface area (Å²) in [7, 11) is 0. The summed E-state index contributed by atoms with van der Waals surface area (Å²) in [4.78, 5) is 12.0. The molecule has 1 aromatic heterocycles. The Morgan fingerprint density at radius 2 is 2.03 bits per heavy atom. The Balaban J connectivity index is 0.00000450. The van der Waals surface area contributed by atoms with Crippen LogP contribution < -0.4 is 10.6 Å². The monoisotopic (exact) mass is 551 g/mol. The minimum absolute atomic E-state index is 0. The molecular weight excluding hydrogens is 509 g/mol. The fourth-order valence-electron chi connectivity index (χ4n) is 3.76. The first kappa shape index (κ1) is 27.6. The Hall–Kier alpha value is -0.450. The van der Waals surface area contributed by atoms with E-state index in [0.717, 1.165) is 63.3 Å². The second-order valence-electron chi connectivity index (χ2n) is 8.25. The van der Waals surface area contributed by atoms with E-state index in [1.54, 1.807) is 11.3 Å². The van der Waals surface area contributed by atoms with Crippen LogP contribution in [0.15, 0.2) is 10.4 Å². The number of likely N-dealkylation sites (tertiary alicyclic amines) is 1. The van der Waals surface area contributed by atoms with Crippen molar-refractivity contribution in [2.45, 2.75) is 66.5 Å². The molecular formula is C22H42IN5OS. The molecule has 0 amide bonds. The predicted molar refractivity (Wildman–Crippen MR) is 139 cm³/mol. The highest BCUT2D eigenvalue weighted by atomic mass is 127. The number of aliphatic imine (C=N–C) groups is 1. The molecule has 174 valence electrons. The lowest BCUT2D eigenvalue weighted by molar-refractivity contribution is 0.0258. The van der Waals surface area contributed by atoms with Crippen LogP contribution in [-0.2, 0) is 11.3 Å². The van der Waals surface area contributed by atoms with Crippen LogP contribution in [0.25, 0.3) is 0 Å². The molecule has 6 nitrogen and oxygen atoms in total. The van der Waals surface area contributed by atoms with Gasteiger partial charge in [-0.25, -0.2) is 4.98 Å². The maximum absolute atomic E-state index is 5.85. The van der Waals surface area contributed by atoms with Crippen LogP contribution in [0.3, 0.4) is 0 Å². The van der Waals surface area contributed by atoms with Gasteiger partial charge >= 0.3 is 0 Å². The van der Waals surface area contributed by atoms with Gasteiger partial charge in [-0.05, 0) is 65.0 Å². The fraction of sp³-hybridized carbons (Fsp3) is 0.818. The number of piperidine rings is 1. The zero-order chi connectivity index (χ0) is 21.1. The Morgan fingerprint density at radius 1 is 1.30 bits per heavy atom. The molecule has 1 aliphatic rings. The Kier molecular flexibility index (Phi) is 14.1. The third kappa shape index (κ3) is 10.2. The molecule has 1 saturated heterocycles. The zero-order valence-electron chi connectivity index (χ0n) is 19.4. The van der Waals surface area contributed by atoms with Crippen LogP contribution >= 0.6 is 35.3 Å². The van der Waals surface area contributed by atoms with Crippen molar-refractivity contribution in [1.82, 2.24) is 20.5 Å². The van der Waals surface area contributed by atoms with Gasteiger partial charge in [-0.1, -0.05) is 13.8 Å². The van der Waals surface area contributed by atoms with Crippen molar-refractivity contribution in [2.75, 3.05) is 39.3 Å². The van der Waals surface area contributed by atoms with Gasteiger partial charge in [0.05, 0.1) is 16.8 Å². The van der Waals surface area contributed by atoms with E-state index in [0.29, 0.717) is 17.9 Å². The smallest absolute Gasteiger partial charge is 0.191 e. The second-order valence-corrected chi connectivity index (χ2v) is 9.31. The lowest BCUT2D eigenvalue weighted by Gasteiger charge is -2.30. The standard InChI is InChI=1S/C22H41N5OS.HI/c1-6-23-22(24-11-8-21(17(3)4)28-7-2)25-14-19-9-12-27(13-10-19)15-20-16-29-18(5)26-20;/h16-17,19,21H,6-15H2,1-5H3,(H2,23,24,25);1H. The number of guanidine groups is 1. The topological polar surface area (TPSA) is 61.8 Å². The van der Waals surface area contributed by atoms with E-state index in [2.05, 4.69) is 60.5 Å². The SMILES string of the molecule is CCNC(=NCC1CCN(Cc2csc(C)n2)CC1)NCCC(OCC)C(C)C.I. The highest BCUT2D eigenvalue weighted by Gasteiger charge is 2.20. The van der Waals surface area contributed by atoms with Gasteiger partial charge in [-0.3, -0.25) is 9.89 Å². The molecule has 0 saturated carbocycles. The van der Waals surface area contributed by atoms with E-state index in [4.69, 9.17) is 9.73 Å². The lowest BCUT2D eigenvalue weighted by Crippen LogP contribution is -2.40. The van der Waals surface area contributed by atoms with Crippen LogP contribution in [0.1, 0.15) is 57.7 Å². The average molecular weight is 552 g/mol. The first-order chi connectivity index (χ1) is 14.0. The summed E-state index contributed by atoms with van der Waals surface area (Å²) >= 11 is 1.74. The molecule has 1 fully saturated rings. The normalized spacial score (nSPS) is 17.1. The van der Waals surface area contributed by atoms with Crippen LogP contribution in [0.2, 0.25) is 0 Å². The molecule has 0 bridgehead atoms. The Bertz CT molecular complexity index is 602. The molecule has 2 heterocycles. The maximum atomic E-state index is 5.85. The number of ether oxygens (including phenoxy) is 1. The molecule has 0 aromatic carbocycles. The molecule has 0 spiro atoms. The molecule has 8 heteroatoms. The van der Waals surface area contributed by atoms with Crippen molar-refractivity contribution in [3.63, 3.8) is 0 Å². The van der Waals surface area contributed by atoms with Gasteiger partial charge in [0.25, 0.3) is 0 Å². The summed E-state index contributed by atoms with van der Waals surface area (Å²) < 4.78 is 5.85. The predicted octanol–water partition coefficient (Wildman–Crippen LogP) is 4.29. The number of halogens is 1. The molecule has 30 heavy (non-hydrogen) atoms. The van der Waals surface area contributed by atoms with Crippen molar-refractivity contribution in [3.8, 4) is 0 Å². The summed E-state index contributed by atoms with van der Waals surface area (Å²) in [5, 5.41) is 10.2. The largest absolute Gasteiger partial charge is 0.378 e. The second kappa shape index (κ2) is 15.4. The molecule has 2 N–H and O–H groups in total. The molecule has 0 aliphatic carbocycles. The highest BCUT2D eigenvalue weighted by Crippen LogP contribution is 2.20. The van der Waals surface area contributed by atoms with Crippen molar-refractivity contribution < 1.29 is 4.74 Å². The van der Waals surface area contributed by atoms with Gasteiger partial charge in [0.15, 0.2) is 5.96 Å².